The Labute approximate surface area is 213 Å². The Kier molecular flexibility index (Phi) is 7.80. The Morgan fingerprint density at radius 2 is 1.78 bits per heavy atom. The molecule has 1 aromatic carbocycles. The number of piperidine rings is 2. The first-order valence-electron chi connectivity index (χ1n) is 13.6. The quantitative estimate of drug-likeness (QED) is 0.533. The predicted octanol–water partition coefficient (Wildman–Crippen LogP) is 4.25. The van der Waals surface area contributed by atoms with E-state index in [0.29, 0.717) is 29.9 Å². The topological polar surface area (TPSA) is 104 Å². The number of hydrogen-bond acceptors (Lipinski definition) is 7. The number of nitrogens with zero attached hydrogens (tertiary/aromatic N) is 4. The molecule has 1 atom stereocenters. The maximum absolute atomic E-state index is 12.0. The molecule has 1 saturated carbocycles. The molecule has 0 radical (unpaired) electrons. The fourth-order valence-electron chi connectivity index (χ4n) is 6.24. The fourth-order valence-corrected chi connectivity index (χ4v) is 6.24. The number of carbonyl (C=O) groups excluding carboxylic acids is 2. The summed E-state index contributed by atoms with van der Waals surface area (Å²) < 4.78 is 0. The van der Waals surface area contributed by atoms with Crippen molar-refractivity contribution in [3.8, 4) is 0 Å². The van der Waals surface area contributed by atoms with Gasteiger partial charge in [-0.15, -0.1) is 0 Å². The van der Waals surface area contributed by atoms with E-state index in [1.54, 1.807) is 6.20 Å². The summed E-state index contributed by atoms with van der Waals surface area (Å²) in [7, 11) is 0. The van der Waals surface area contributed by atoms with Crippen molar-refractivity contribution in [2.24, 2.45) is 11.7 Å². The second kappa shape index (κ2) is 11.4. The summed E-state index contributed by atoms with van der Waals surface area (Å²) in [5.41, 5.74) is 7.95. The molecular formula is C28H38N6O2. The predicted molar refractivity (Wildman–Crippen MR) is 142 cm³/mol. The number of likely N-dealkylation sites (tertiary alicyclic amines) is 1. The molecular weight excluding hydrogens is 452 g/mol. The van der Waals surface area contributed by atoms with Crippen LogP contribution in [0.15, 0.2) is 30.5 Å². The molecule has 3 N–H and O–H groups in total. The average molecular weight is 491 g/mol. The maximum atomic E-state index is 12.0. The molecule has 2 aromatic rings. The van der Waals surface area contributed by atoms with Crippen LogP contribution >= 0.6 is 0 Å². The highest BCUT2D eigenvalue weighted by molar-refractivity contribution is 5.96. The smallest absolute Gasteiger partial charge is 0.271 e. The van der Waals surface area contributed by atoms with Gasteiger partial charge in [-0.2, -0.15) is 0 Å². The molecule has 0 unspecified atom stereocenters. The van der Waals surface area contributed by atoms with Crippen LogP contribution in [0.25, 0.3) is 0 Å². The van der Waals surface area contributed by atoms with Gasteiger partial charge in [0.15, 0.2) is 11.5 Å². The van der Waals surface area contributed by atoms with Gasteiger partial charge in [0.25, 0.3) is 5.91 Å². The van der Waals surface area contributed by atoms with Crippen molar-refractivity contribution in [3.05, 3.63) is 41.7 Å². The van der Waals surface area contributed by atoms with E-state index in [1.165, 1.54) is 57.2 Å². The fraction of sp³-hybridized carbons (Fsp3) is 0.571. The first-order valence-corrected chi connectivity index (χ1v) is 13.6. The molecule has 8 heteroatoms. The van der Waals surface area contributed by atoms with Crippen LogP contribution in [0.2, 0.25) is 0 Å². The molecule has 0 spiro atoms. The van der Waals surface area contributed by atoms with E-state index in [9.17, 15) is 9.59 Å². The molecule has 5 rings (SSSR count). The maximum Gasteiger partial charge on any atom is 0.271 e. The molecule has 192 valence electrons. The van der Waals surface area contributed by atoms with E-state index in [1.807, 2.05) is 0 Å². The number of carbonyl (C=O) groups is 2. The summed E-state index contributed by atoms with van der Waals surface area (Å²) >= 11 is 0. The zero-order valence-electron chi connectivity index (χ0n) is 21.1. The Bertz CT molecular complexity index is 1040. The molecule has 2 aliphatic heterocycles. The van der Waals surface area contributed by atoms with Gasteiger partial charge < -0.3 is 25.6 Å². The number of anilines is 3. The summed E-state index contributed by atoms with van der Waals surface area (Å²) in [6.45, 7) is 4.01. The Morgan fingerprint density at radius 1 is 1.03 bits per heavy atom. The van der Waals surface area contributed by atoms with E-state index >= 15 is 0 Å². The van der Waals surface area contributed by atoms with E-state index in [2.05, 4.69) is 44.4 Å². The molecule has 1 amide bonds. The summed E-state index contributed by atoms with van der Waals surface area (Å²) in [5.74, 6) is 1.38. The van der Waals surface area contributed by atoms with Crippen molar-refractivity contribution in [2.45, 2.75) is 69.7 Å². The van der Waals surface area contributed by atoms with Crippen molar-refractivity contribution in [1.29, 1.82) is 0 Å². The third-order valence-electron chi connectivity index (χ3n) is 8.28. The van der Waals surface area contributed by atoms with Gasteiger partial charge in [-0.1, -0.05) is 25.0 Å². The molecule has 0 bridgehead atoms. The number of nitrogens with two attached hydrogens (primary N) is 1. The molecule has 3 aliphatic rings. The summed E-state index contributed by atoms with van der Waals surface area (Å²) in [6.07, 6.45) is 13.2. The van der Waals surface area contributed by atoms with Crippen molar-refractivity contribution < 1.29 is 9.59 Å². The normalized spacial score (nSPS) is 22.0. The lowest BCUT2D eigenvalue weighted by Gasteiger charge is -2.36. The van der Waals surface area contributed by atoms with Crippen LogP contribution in [0.3, 0.4) is 0 Å². The van der Waals surface area contributed by atoms with E-state index < -0.39 is 5.91 Å². The van der Waals surface area contributed by atoms with Crippen LogP contribution in [0.5, 0.6) is 0 Å². The van der Waals surface area contributed by atoms with Crippen LogP contribution in [0.4, 0.5) is 17.3 Å². The second-order valence-electron chi connectivity index (χ2n) is 10.6. The minimum atomic E-state index is -0.611. The molecule has 3 fully saturated rings. The van der Waals surface area contributed by atoms with E-state index in [-0.39, 0.29) is 5.69 Å². The van der Waals surface area contributed by atoms with Crippen LogP contribution in [-0.2, 0) is 4.79 Å². The van der Waals surface area contributed by atoms with Crippen molar-refractivity contribution in [2.75, 3.05) is 36.4 Å². The Morgan fingerprint density at radius 3 is 2.47 bits per heavy atom. The van der Waals surface area contributed by atoms with Crippen LogP contribution in [-0.4, -0.2) is 59.3 Å². The third-order valence-corrected chi connectivity index (χ3v) is 8.28. The first-order chi connectivity index (χ1) is 17.6. The highest BCUT2D eigenvalue weighted by Crippen LogP contribution is 2.33. The van der Waals surface area contributed by atoms with Gasteiger partial charge in [0.05, 0.1) is 6.20 Å². The number of hydrogen-bond donors (Lipinski definition) is 2. The lowest BCUT2D eigenvalue weighted by atomic mass is 9.88. The summed E-state index contributed by atoms with van der Waals surface area (Å²) in [4.78, 5) is 36.9. The number of aldehydes is 1. The molecule has 2 saturated heterocycles. The molecule has 1 aromatic heterocycles. The van der Waals surface area contributed by atoms with Gasteiger partial charge in [-0.25, -0.2) is 9.97 Å². The van der Waals surface area contributed by atoms with Crippen molar-refractivity contribution in [1.82, 2.24) is 14.9 Å². The largest absolute Gasteiger partial charge is 0.364 e. The molecule has 36 heavy (non-hydrogen) atoms. The molecule has 1 aliphatic carbocycles. The first kappa shape index (κ1) is 24.7. The van der Waals surface area contributed by atoms with Gasteiger partial charge >= 0.3 is 0 Å². The zero-order valence-corrected chi connectivity index (χ0v) is 21.1. The van der Waals surface area contributed by atoms with Crippen molar-refractivity contribution in [3.63, 3.8) is 0 Å². The highest BCUT2D eigenvalue weighted by Gasteiger charge is 2.28. The zero-order chi connectivity index (χ0) is 24.9. The second-order valence-corrected chi connectivity index (χ2v) is 10.6. The highest BCUT2D eigenvalue weighted by atomic mass is 16.1. The van der Waals surface area contributed by atoms with Gasteiger partial charge in [-0.05, 0) is 81.1 Å². The van der Waals surface area contributed by atoms with Gasteiger partial charge in [0, 0.05) is 31.2 Å². The number of benzene rings is 1. The van der Waals surface area contributed by atoms with Crippen molar-refractivity contribution >= 4 is 29.5 Å². The molecule has 3 heterocycles. The number of nitrogens with one attached hydrogen (secondary N) is 1. The summed E-state index contributed by atoms with van der Waals surface area (Å²) in [6, 6.07) is 9.30. The average Bonchev–Trinajstić information content (AvgIpc) is 3.45. The standard InChI is InChI=1S/C28H38N6O2/c29-27(36)26-28(32-25(18-30-26)34-14-3-4-20(19-34)13-17-35)31-23-9-7-21(8-10-23)22-11-15-33(16-12-22)24-5-1-2-6-24/h7-10,17-18,20,22,24H,1-6,11-16,19H2,(H2,29,36)(H,31,32)/t20-/m0/s1. The molecule has 8 nitrogen and oxygen atoms in total. The Balaban J connectivity index is 1.25. The van der Waals surface area contributed by atoms with E-state index in [0.717, 1.165) is 43.9 Å². The van der Waals surface area contributed by atoms with Crippen LogP contribution in [0, 0.1) is 5.92 Å². The number of amides is 1. The SMILES string of the molecule is NC(=O)c1ncc(N2CCC[C@@H](CC=O)C2)nc1Nc1ccc(C2CCN(C3CCCC3)CC2)cc1. The minimum Gasteiger partial charge on any atom is -0.364 e. The summed E-state index contributed by atoms with van der Waals surface area (Å²) in [5, 5.41) is 3.28. The number of rotatable bonds is 8. The van der Waals surface area contributed by atoms with Crippen LogP contribution < -0.4 is 16.0 Å². The van der Waals surface area contributed by atoms with Crippen LogP contribution in [0.1, 0.15) is 79.8 Å². The lowest BCUT2D eigenvalue weighted by Crippen LogP contribution is -2.39. The number of primary amides is 1. The van der Waals surface area contributed by atoms with E-state index in [4.69, 9.17) is 10.7 Å². The van der Waals surface area contributed by atoms with Gasteiger partial charge in [0.2, 0.25) is 0 Å². The third kappa shape index (κ3) is 5.69. The lowest BCUT2D eigenvalue weighted by molar-refractivity contribution is -0.108. The number of aromatic nitrogens is 2. The Hall–Kier alpha value is -3.00. The minimum absolute atomic E-state index is 0.128. The van der Waals surface area contributed by atoms with Gasteiger partial charge in [0.1, 0.15) is 12.1 Å². The van der Waals surface area contributed by atoms with Gasteiger partial charge in [-0.3, -0.25) is 4.79 Å². The monoisotopic (exact) mass is 490 g/mol.